The highest BCUT2D eigenvalue weighted by Crippen LogP contribution is 2.32. The number of hydrogen-bond donors (Lipinski definition) is 0. The van der Waals surface area contributed by atoms with E-state index in [1.54, 1.807) is 61.6 Å². The number of carbonyl (C=O) groups excluding carboxylic acids is 2. The molecule has 26 heavy (non-hydrogen) atoms. The molecule has 1 aliphatic rings. The van der Waals surface area contributed by atoms with Gasteiger partial charge in [-0.1, -0.05) is 0 Å². The van der Waals surface area contributed by atoms with Gasteiger partial charge < -0.3 is 23.7 Å². The van der Waals surface area contributed by atoms with Crippen molar-refractivity contribution in [2.24, 2.45) is 5.92 Å². The summed E-state index contributed by atoms with van der Waals surface area (Å²) in [6.45, 7) is 0.770. The predicted molar refractivity (Wildman–Crippen MR) is 95.2 cm³/mol. The third-order valence-electron chi connectivity index (χ3n) is 4.58. The first-order valence-corrected chi connectivity index (χ1v) is 8.33. The SMILES string of the molecule is COc1ccc(N(C)C(=O)[C@H]2CC(=O)N(Cc3ccco3)C2)cc1OC. The van der Waals surface area contributed by atoms with Crippen LogP contribution in [0.2, 0.25) is 0 Å². The van der Waals surface area contributed by atoms with Gasteiger partial charge in [-0.25, -0.2) is 0 Å². The molecule has 0 aliphatic carbocycles. The van der Waals surface area contributed by atoms with E-state index < -0.39 is 0 Å². The summed E-state index contributed by atoms with van der Waals surface area (Å²) in [6.07, 6.45) is 1.78. The Bertz CT molecular complexity index is 787. The van der Waals surface area contributed by atoms with Gasteiger partial charge in [0.05, 0.1) is 32.9 Å². The molecule has 1 aromatic carbocycles. The highest BCUT2D eigenvalue weighted by atomic mass is 16.5. The summed E-state index contributed by atoms with van der Waals surface area (Å²) in [5, 5.41) is 0. The minimum Gasteiger partial charge on any atom is -0.493 e. The molecule has 3 rings (SSSR count). The van der Waals surface area contributed by atoms with E-state index in [2.05, 4.69) is 0 Å². The third-order valence-corrected chi connectivity index (χ3v) is 4.58. The topological polar surface area (TPSA) is 72.2 Å². The van der Waals surface area contributed by atoms with Gasteiger partial charge in [0.1, 0.15) is 5.76 Å². The molecule has 2 amide bonds. The first-order valence-electron chi connectivity index (χ1n) is 8.33. The number of hydrogen-bond acceptors (Lipinski definition) is 5. The number of likely N-dealkylation sites (tertiary alicyclic amines) is 1. The summed E-state index contributed by atoms with van der Waals surface area (Å²) in [7, 11) is 4.80. The molecule has 2 heterocycles. The van der Waals surface area contributed by atoms with Gasteiger partial charge in [0, 0.05) is 31.8 Å². The lowest BCUT2D eigenvalue weighted by atomic mass is 10.1. The standard InChI is InChI=1S/C19H22N2O5/c1-20(14-6-7-16(24-2)17(10-14)25-3)19(23)13-9-18(22)21(11-13)12-15-5-4-8-26-15/h4-8,10,13H,9,11-12H2,1-3H3/t13-/m0/s1. The lowest BCUT2D eigenvalue weighted by Gasteiger charge is -2.22. The number of amides is 2. The van der Waals surface area contributed by atoms with Gasteiger partial charge in [0.2, 0.25) is 11.8 Å². The third kappa shape index (κ3) is 3.51. The highest BCUT2D eigenvalue weighted by molar-refractivity contribution is 5.98. The van der Waals surface area contributed by atoms with Crippen molar-refractivity contribution in [2.75, 3.05) is 32.7 Å². The number of ether oxygens (including phenoxy) is 2. The van der Waals surface area contributed by atoms with Crippen LogP contribution in [-0.4, -0.2) is 44.5 Å². The Hall–Kier alpha value is -2.96. The average Bonchev–Trinajstić information content (AvgIpc) is 3.30. The molecule has 2 aromatic rings. The Morgan fingerprint density at radius 1 is 1.27 bits per heavy atom. The quantitative estimate of drug-likeness (QED) is 0.792. The van der Waals surface area contributed by atoms with E-state index in [1.807, 2.05) is 6.07 Å². The first-order chi connectivity index (χ1) is 12.5. The fourth-order valence-corrected chi connectivity index (χ4v) is 3.12. The zero-order valence-corrected chi connectivity index (χ0v) is 15.1. The van der Waals surface area contributed by atoms with Crippen LogP contribution in [0.3, 0.4) is 0 Å². The average molecular weight is 358 g/mol. The van der Waals surface area contributed by atoms with Crippen LogP contribution in [0, 0.1) is 5.92 Å². The maximum absolute atomic E-state index is 12.8. The Morgan fingerprint density at radius 3 is 2.69 bits per heavy atom. The summed E-state index contributed by atoms with van der Waals surface area (Å²) in [4.78, 5) is 28.3. The van der Waals surface area contributed by atoms with Crippen molar-refractivity contribution in [1.29, 1.82) is 0 Å². The molecule has 1 saturated heterocycles. The van der Waals surface area contributed by atoms with Crippen molar-refractivity contribution in [3.63, 3.8) is 0 Å². The van der Waals surface area contributed by atoms with Crippen LogP contribution < -0.4 is 14.4 Å². The van der Waals surface area contributed by atoms with E-state index in [4.69, 9.17) is 13.9 Å². The molecular weight excluding hydrogens is 336 g/mol. The van der Waals surface area contributed by atoms with E-state index in [0.717, 1.165) is 0 Å². The second kappa shape index (κ2) is 7.51. The molecule has 7 heteroatoms. The number of nitrogens with zero attached hydrogens (tertiary/aromatic N) is 2. The summed E-state index contributed by atoms with van der Waals surface area (Å²) < 4.78 is 15.8. The van der Waals surface area contributed by atoms with Gasteiger partial charge in [-0.3, -0.25) is 9.59 Å². The van der Waals surface area contributed by atoms with Crippen LogP contribution in [0.15, 0.2) is 41.0 Å². The molecule has 1 atom stereocenters. The lowest BCUT2D eigenvalue weighted by Crippen LogP contribution is -2.34. The van der Waals surface area contributed by atoms with Gasteiger partial charge >= 0.3 is 0 Å². The van der Waals surface area contributed by atoms with Crippen molar-refractivity contribution in [1.82, 2.24) is 4.90 Å². The van der Waals surface area contributed by atoms with Crippen molar-refractivity contribution < 1.29 is 23.5 Å². The van der Waals surface area contributed by atoms with Crippen molar-refractivity contribution in [3.8, 4) is 11.5 Å². The van der Waals surface area contributed by atoms with Gasteiger partial charge in [-0.2, -0.15) is 0 Å². The summed E-state index contributed by atoms with van der Waals surface area (Å²) in [5.74, 6) is 1.33. The van der Waals surface area contributed by atoms with Crippen molar-refractivity contribution in [3.05, 3.63) is 42.4 Å². The Morgan fingerprint density at radius 2 is 2.04 bits per heavy atom. The molecule has 0 bridgehead atoms. The van der Waals surface area contributed by atoms with Crippen molar-refractivity contribution >= 4 is 17.5 Å². The molecule has 0 spiro atoms. The van der Waals surface area contributed by atoms with E-state index in [0.29, 0.717) is 36.0 Å². The van der Waals surface area contributed by atoms with Crippen LogP contribution in [-0.2, 0) is 16.1 Å². The number of carbonyl (C=O) groups is 2. The summed E-state index contributed by atoms with van der Waals surface area (Å²) >= 11 is 0. The maximum Gasteiger partial charge on any atom is 0.232 e. The second-order valence-electron chi connectivity index (χ2n) is 6.19. The van der Waals surface area contributed by atoms with E-state index in [-0.39, 0.29) is 24.2 Å². The number of rotatable bonds is 6. The predicted octanol–water partition coefficient (Wildman–Crippen LogP) is 2.31. The molecule has 1 fully saturated rings. The normalized spacial score (nSPS) is 16.7. The minimum absolute atomic E-state index is 0.0412. The van der Waals surface area contributed by atoms with Crippen LogP contribution in [0.25, 0.3) is 0 Å². The maximum atomic E-state index is 12.8. The molecule has 0 saturated carbocycles. The first kappa shape index (κ1) is 17.8. The molecule has 1 aliphatic heterocycles. The van der Waals surface area contributed by atoms with E-state index in [1.165, 1.54) is 0 Å². The van der Waals surface area contributed by atoms with Crippen molar-refractivity contribution in [2.45, 2.75) is 13.0 Å². The minimum atomic E-state index is -0.379. The Kier molecular flexibility index (Phi) is 5.16. The number of methoxy groups -OCH3 is 2. The molecular formula is C19H22N2O5. The lowest BCUT2D eigenvalue weighted by molar-refractivity contribution is -0.129. The second-order valence-corrected chi connectivity index (χ2v) is 6.19. The number of furan rings is 1. The zero-order valence-electron chi connectivity index (χ0n) is 15.1. The largest absolute Gasteiger partial charge is 0.493 e. The van der Waals surface area contributed by atoms with Gasteiger partial charge in [0.25, 0.3) is 0 Å². The highest BCUT2D eigenvalue weighted by Gasteiger charge is 2.36. The van der Waals surface area contributed by atoms with Crippen LogP contribution in [0.5, 0.6) is 11.5 Å². The van der Waals surface area contributed by atoms with Gasteiger partial charge in [0.15, 0.2) is 11.5 Å². The Labute approximate surface area is 152 Å². The molecule has 138 valence electrons. The summed E-state index contributed by atoms with van der Waals surface area (Å²) in [5.41, 5.74) is 0.685. The molecule has 0 unspecified atom stereocenters. The van der Waals surface area contributed by atoms with Gasteiger partial charge in [-0.15, -0.1) is 0 Å². The van der Waals surface area contributed by atoms with Gasteiger partial charge in [-0.05, 0) is 24.3 Å². The molecule has 7 nitrogen and oxygen atoms in total. The number of anilines is 1. The van der Waals surface area contributed by atoms with Crippen LogP contribution in [0.4, 0.5) is 5.69 Å². The molecule has 0 N–H and O–H groups in total. The number of benzene rings is 1. The smallest absolute Gasteiger partial charge is 0.232 e. The van der Waals surface area contributed by atoms with E-state index in [9.17, 15) is 9.59 Å². The van der Waals surface area contributed by atoms with Crippen LogP contribution in [0.1, 0.15) is 12.2 Å². The Balaban J connectivity index is 1.70. The van der Waals surface area contributed by atoms with E-state index >= 15 is 0 Å². The molecule has 1 aromatic heterocycles. The fourth-order valence-electron chi connectivity index (χ4n) is 3.12. The monoisotopic (exact) mass is 358 g/mol. The summed E-state index contributed by atoms with van der Waals surface area (Å²) in [6, 6.07) is 8.88. The van der Waals surface area contributed by atoms with Crippen LogP contribution >= 0.6 is 0 Å². The molecule has 0 radical (unpaired) electrons. The fraction of sp³-hybridized carbons (Fsp3) is 0.368. The zero-order chi connectivity index (χ0) is 18.7.